The second kappa shape index (κ2) is 4.41. The highest BCUT2D eigenvalue weighted by molar-refractivity contribution is 8.00. The molecule has 0 unspecified atom stereocenters. The summed E-state index contributed by atoms with van der Waals surface area (Å²) >= 11 is 1.98. The largest absolute Gasteiger partial charge is 0.303 e. The van der Waals surface area contributed by atoms with Gasteiger partial charge in [-0.25, -0.2) is 0 Å². The normalized spacial score (nSPS) is 38.6. The van der Waals surface area contributed by atoms with Crippen LogP contribution in [0.2, 0.25) is 0 Å². The molecule has 2 aliphatic rings. The van der Waals surface area contributed by atoms with Gasteiger partial charge in [-0.3, -0.25) is 0 Å². The molecule has 0 amide bonds. The Labute approximate surface area is 113 Å². The lowest BCUT2D eigenvalue weighted by atomic mass is 9.70. The molecule has 0 spiro atoms. The molecule has 2 aliphatic carbocycles. The highest BCUT2D eigenvalue weighted by atomic mass is 32.2. The summed E-state index contributed by atoms with van der Waals surface area (Å²) in [4.78, 5) is 12.9. The predicted octanol–water partition coefficient (Wildman–Crippen LogP) is 4.32. The molecule has 18 heavy (non-hydrogen) atoms. The maximum Gasteiger partial charge on any atom is 0.126 e. The molecule has 3 atom stereocenters. The smallest absolute Gasteiger partial charge is 0.126 e. The number of thioether (sulfide) groups is 1. The number of rotatable bonds is 3. The van der Waals surface area contributed by atoms with Crippen molar-refractivity contribution in [3.8, 4) is 0 Å². The van der Waals surface area contributed by atoms with Crippen LogP contribution < -0.4 is 0 Å². The molecule has 0 aliphatic heterocycles. The Hall–Kier alpha value is -0.760. The van der Waals surface area contributed by atoms with Crippen molar-refractivity contribution in [2.75, 3.05) is 0 Å². The van der Waals surface area contributed by atoms with Crippen LogP contribution in [0.15, 0.2) is 35.2 Å². The molecule has 0 saturated heterocycles. The van der Waals surface area contributed by atoms with Gasteiger partial charge in [-0.05, 0) is 43.2 Å². The van der Waals surface area contributed by atoms with Crippen molar-refractivity contribution in [1.82, 2.24) is 0 Å². The van der Waals surface area contributed by atoms with E-state index < -0.39 is 0 Å². The van der Waals surface area contributed by atoms with Gasteiger partial charge in [0.25, 0.3) is 0 Å². The minimum Gasteiger partial charge on any atom is -0.303 e. The van der Waals surface area contributed by atoms with Crippen molar-refractivity contribution >= 4 is 18.0 Å². The van der Waals surface area contributed by atoms with Crippen LogP contribution in [0.1, 0.15) is 39.0 Å². The van der Waals surface area contributed by atoms with Crippen LogP contribution in [0.5, 0.6) is 0 Å². The van der Waals surface area contributed by atoms with Crippen LogP contribution in [-0.4, -0.2) is 11.5 Å². The van der Waals surface area contributed by atoms with Gasteiger partial charge in [0.1, 0.15) is 6.29 Å². The zero-order valence-corrected chi connectivity index (χ0v) is 11.7. The fraction of sp³-hybridized carbons (Fsp3) is 0.562. The molecule has 0 N–H and O–H groups in total. The van der Waals surface area contributed by atoms with Crippen LogP contribution in [0.25, 0.3) is 0 Å². The van der Waals surface area contributed by atoms with Gasteiger partial charge in [-0.15, -0.1) is 11.8 Å². The van der Waals surface area contributed by atoms with Gasteiger partial charge < -0.3 is 4.79 Å². The second-order valence-corrected chi connectivity index (χ2v) is 7.28. The molecule has 0 heterocycles. The van der Waals surface area contributed by atoms with Crippen LogP contribution in [0, 0.1) is 10.8 Å². The van der Waals surface area contributed by atoms with Gasteiger partial charge in [0.2, 0.25) is 0 Å². The maximum absolute atomic E-state index is 11.6. The molecular formula is C16H20OS. The molecule has 1 nitrogen and oxygen atoms in total. The lowest BCUT2D eigenvalue weighted by molar-refractivity contribution is -0.119. The molecule has 96 valence electrons. The monoisotopic (exact) mass is 260 g/mol. The Balaban J connectivity index is 1.85. The third-order valence-electron chi connectivity index (χ3n) is 5.27. The zero-order chi connectivity index (χ0) is 12.6. The van der Waals surface area contributed by atoms with Crippen LogP contribution >= 0.6 is 11.8 Å². The van der Waals surface area contributed by atoms with E-state index in [0.29, 0.717) is 5.25 Å². The summed E-state index contributed by atoms with van der Waals surface area (Å²) in [6.45, 7) is 2.35. The summed E-state index contributed by atoms with van der Waals surface area (Å²) in [6, 6.07) is 10.6. The van der Waals surface area contributed by atoms with Gasteiger partial charge in [0.05, 0.1) is 0 Å². The number of benzene rings is 1. The Morgan fingerprint density at radius 3 is 2.72 bits per heavy atom. The summed E-state index contributed by atoms with van der Waals surface area (Å²) in [7, 11) is 0. The van der Waals surface area contributed by atoms with Crippen LogP contribution in [-0.2, 0) is 4.79 Å². The van der Waals surface area contributed by atoms with Gasteiger partial charge >= 0.3 is 0 Å². The maximum atomic E-state index is 11.6. The first-order valence-electron chi connectivity index (χ1n) is 6.88. The van der Waals surface area contributed by atoms with Crippen molar-refractivity contribution in [1.29, 1.82) is 0 Å². The second-order valence-electron chi connectivity index (χ2n) is 6.00. The molecule has 1 aromatic carbocycles. The van der Waals surface area contributed by atoms with E-state index >= 15 is 0 Å². The summed E-state index contributed by atoms with van der Waals surface area (Å²) < 4.78 is 0. The first-order chi connectivity index (χ1) is 8.70. The number of aldehydes is 1. The first kappa shape index (κ1) is 12.3. The van der Waals surface area contributed by atoms with E-state index in [9.17, 15) is 4.79 Å². The number of carbonyl (C=O) groups excluding carboxylic acids is 1. The fourth-order valence-electron chi connectivity index (χ4n) is 4.01. The summed E-state index contributed by atoms with van der Waals surface area (Å²) in [5.41, 5.74) is 0.203. The molecule has 0 bridgehead atoms. The first-order valence-corrected chi connectivity index (χ1v) is 7.76. The summed E-state index contributed by atoms with van der Waals surface area (Å²) in [5.74, 6) is 0. The van der Waals surface area contributed by atoms with E-state index in [1.54, 1.807) is 0 Å². The van der Waals surface area contributed by atoms with Gasteiger partial charge in [0.15, 0.2) is 0 Å². The number of hydrogen-bond donors (Lipinski definition) is 0. The molecule has 1 aromatic rings. The molecular weight excluding hydrogens is 240 g/mol. The molecule has 0 radical (unpaired) electrons. The Morgan fingerprint density at radius 2 is 2.00 bits per heavy atom. The van der Waals surface area contributed by atoms with Crippen molar-refractivity contribution in [2.24, 2.45) is 10.8 Å². The molecule has 2 saturated carbocycles. The topological polar surface area (TPSA) is 17.1 Å². The van der Waals surface area contributed by atoms with E-state index in [-0.39, 0.29) is 10.8 Å². The Morgan fingerprint density at radius 1 is 1.22 bits per heavy atom. The predicted molar refractivity (Wildman–Crippen MR) is 75.8 cm³/mol. The number of hydrogen-bond acceptors (Lipinski definition) is 2. The van der Waals surface area contributed by atoms with E-state index in [1.807, 2.05) is 11.8 Å². The molecule has 2 fully saturated rings. The average molecular weight is 260 g/mol. The Bertz CT molecular complexity index is 444. The van der Waals surface area contributed by atoms with E-state index in [4.69, 9.17) is 0 Å². The van der Waals surface area contributed by atoms with E-state index in [1.165, 1.54) is 30.4 Å². The van der Waals surface area contributed by atoms with Crippen molar-refractivity contribution < 1.29 is 4.79 Å². The highest BCUT2D eigenvalue weighted by Crippen LogP contribution is 2.65. The molecule has 3 rings (SSSR count). The SMILES string of the molecule is C[C@@]12CCC[C@]1(C=O)CC[C@@H]2Sc1ccccc1. The third-order valence-corrected chi connectivity index (χ3v) is 6.85. The Kier molecular flexibility index (Phi) is 3.01. The van der Waals surface area contributed by atoms with Crippen LogP contribution in [0.3, 0.4) is 0 Å². The summed E-state index contributed by atoms with van der Waals surface area (Å²) in [5, 5.41) is 0.604. The quantitative estimate of drug-likeness (QED) is 0.753. The van der Waals surface area contributed by atoms with E-state index in [2.05, 4.69) is 37.3 Å². The van der Waals surface area contributed by atoms with Crippen molar-refractivity contribution in [3.63, 3.8) is 0 Å². The minimum atomic E-state index is -0.0144. The van der Waals surface area contributed by atoms with Gasteiger partial charge in [-0.2, -0.15) is 0 Å². The lowest BCUT2D eigenvalue weighted by Gasteiger charge is -2.37. The van der Waals surface area contributed by atoms with E-state index in [0.717, 1.165) is 12.8 Å². The average Bonchev–Trinajstić information content (AvgIpc) is 2.85. The zero-order valence-electron chi connectivity index (χ0n) is 10.9. The third kappa shape index (κ3) is 1.65. The molecule has 2 heteroatoms. The lowest BCUT2D eigenvalue weighted by Crippen LogP contribution is -2.36. The number of carbonyl (C=O) groups is 1. The fourth-order valence-corrected chi connectivity index (χ4v) is 5.50. The summed E-state index contributed by atoms with van der Waals surface area (Å²) in [6.07, 6.45) is 7.12. The van der Waals surface area contributed by atoms with Gasteiger partial charge in [-0.1, -0.05) is 31.5 Å². The minimum absolute atomic E-state index is 0.0144. The standard InChI is InChI=1S/C16H20OS/c1-15-9-5-10-16(15,12-17)11-8-14(15)18-13-6-3-2-4-7-13/h2-4,6-7,12,14H,5,8-11H2,1H3/t14-,15-,16+/m0/s1. The van der Waals surface area contributed by atoms with Gasteiger partial charge in [0, 0.05) is 15.6 Å². The van der Waals surface area contributed by atoms with Crippen molar-refractivity contribution in [3.05, 3.63) is 30.3 Å². The van der Waals surface area contributed by atoms with Crippen LogP contribution in [0.4, 0.5) is 0 Å². The highest BCUT2D eigenvalue weighted by Gasteiger charge is 2.59. The number of fused-ring (bicyclic) bond motifs is 1. The van der Waals surface area contributed by atoms with Crippen molar-refractivity contribution in [2.45, 2.75) is 49.2 Å². The molecule has 0 aromatic heterocycles.